The van der Waals surface area contributed by atoms with Gasteiger partial charge in [-0.05, 0) is 43.1 Å². The van der Waals surface area contributed by atoms with Crippen molar-refractivity contribution >= 4 is 41.7 Å². The monoisotopic (exact) mass is 399 g/mol. The number of aliphatic imine (C=N–C) groups is 1. The zero-order valence-corrected chi connectivity index (χ0v) is 16.0. The Morgan fingerprint density at radius 1 is 1.26 bits per heavy atom. The fraction of sp³-hybridized carbons (Fsp3) is 0.929. The van der Waals surface area contributed by atoms with Gasteiger partial charge in [-0.1, -0.05) is 13.8 Å². The summed E-state index contributed by atoms with van der Waals surface area (Å²) in [5.74, 6) is 3.92. The summed E-state index contributed by atoms with van der Waals surface area (Å²) in [6.07, 6.45) is 6.04. The summed E-state index contributed by atoms with van der Waals surface area (Å²) in [6.45, 7) is 8.03. The number of rotatable bonds is 5. The highest BCUT2D eigenvalue weighted by molar-refractivity contribution is 14.0. The van der Waals surface area contributed by atoms with Crippen LogP contribution in [0.25, 0.3) is 0 Å². The van der Waals surface area contributed by atoms with E-state index in [1.54, 1.807) is 0 Å². The van der Waals surface area contributed by atoms with E-state index in [-0.39, 0.29) is 24.0 Å². The highest BCUT2D eigenvalue weighted by Gasteiger charge is 2.23. The minimum atomic E-state index is 0. The highest BCUT2D eigenvalue weighted by Crippen LogP contribution is 2.20. The molecule has 5 heteroatoms. The van der Waals surface area contributed by atoms with E-state index in [1.165, 1.54) is 25.0 Å². The molecule has 1 aliphatic heterocycles. The van der Waals surface area contributed by atoms with Gasteiger partial charge in [0.05, 0.1) is 0 Å². The molecule has 0 radical (unpaired) electrons. The second-order valence-corrected chi connectivity index (χ2v) is 6.51. The number of nitrogens with zero attached hydrogens (tertiary/aromatic N) is 2. The summed E-state index contributed by atoms with van der Waals surface area (Å²) in [6, 6.07) is 0. The lowest BCUT2D eigenvalue weighted by atomic mass is 9.92. The first-order valence-electron chi connectivity index (χ1n) is 7.12. The summed E-state index contributed by atoms with van der Waals surface area (Å²) in [5.41, 5.74) is 0. The van der Waals surface area contributed by atoms with Gasteiger partial charge in [0.15, 0.2) is 5.96 Å². The van der Waals surface area contributed by atoms with E-state index in [9.17, 15) is 0 Å². The van der Waals surface area contributed by atoms with E-state index in [4.69, 9.17) is 0 Å². The summed E-state index contributed by atoms with van der Waals surface area (Å²) in [4.78, 5) is 6.85. The maximum absolute atomic E-state index is 4.42. The number of halogens is 1. The summed E-state index contributed by atoms with van der Waals surface area (Å²) in [5, 5.41) is 3.51. The largest absolute Gasteiger partial charge is 0.356 e. The van der Waals surface area contributed by atoms with E-state index in [2.05, 4.69) is 35.3 Å². The Hall–Kier alpha value is 0.350. The second kappa shape index (κ2) is 11.1. The molecule has 1 aliphatic rings. The van der Waals surface area contributed by atoms with E-state index >= 15 is 0 Å². The van der Waals surface area contributed by atoms with Gasteiger partial charge in [0, 0.05) is 26.7 Å². The molecule has 0 aromatic carbocycles. The summed E-state index contributed by atoms with van der Waals surface area (Å²) in [7, 11) is 1.90. The molecule has 1 saturated heterocycles. The van der Waals surface area contributed by atoms with Crippen molar-refractivity contribution in [3.63, 3.8) is 0 Å². The Bertz CT molecular complexity index is 251. The molecule has 0 bridgehead atoms. The summed E-state index contributed by atoms with van der Waals surface area (Å²) < 4.78 is 0. The average Bonchev–Trinajstić information content (AvgIpc) is 2.32. The molecule has 0 spiro atoms. The quantitative estimate of drug-likeness (QED) is 0.333. The lowest BCUT2D eigenvalue weighted by Crippen LogP contribution is -2.48. The molecule has 3 nitrogen and oxygen atoms in total. The minimum absolute atomic E-state index is 0. The first-order valence-corrected chi connectivity index (χ1v) is 8.51. The number of nitrogens with one attached hydrogen (secondary N) is 1. The van der Waals surface area contributed by atoms with Crippen molar-refractivity contribution in [2.24, 2.45) is 16.8 Å². The highest BCUT2D eigenvalue weighted by atomic mass is 127. The molecule has 0 aliphatic carbocycles. The van der Waals surface area contributed by atoms with E-state index in [1.807, 2.05) is 18.8 Å². The molecular weight excluding hydrogens is 369 g/mol. The molecule has 19 heavy (non-hydrogen) atoms. The zero-order chi connectivity index (χ0) is 13.4. The van der Waals surface area contributed by atoms with Crippen molar-refractivity contribution in [1.82, 2.24) is 10.2 Å². The van der Waals surface area contributed by atoms with Gasteiger partial charge in [0.2, 0.25) is 0 Å². The first kappa shape index (κ1) is 19.4. The molecular formula is C14H30IN3S. The van der Waals surface area contributed by atoms with Crippen LogP contribution in [-0.4, -0.2) is 49.6 Å². The van der Waals surface area contributed by atoms with E-state index < -0.39 is 0 Å². The second-order valence-electron chi connectivity index (χ2n) is 5.52. The molecule has 0 aromatic rings. The van der Waals surface area contributed by atoms with Crippen LogP contribution in [-0.2, 0) is 0 Å². The number of hydrogen-bond donors (Lipinski definition) is 1. The number of thioether (sulfide) groups is 1. The molecule has 1 rings (SSSR count). The topological polar surface area (TPSA) is 27.6 Å². The number of guanidine groups is 1. The minimum Gasteiger partial charge on any atom is -0.356 e. The third kappa shape index (κ3) is 7.63. The number of likely N-dealkylation sites (tertiary alicyclic amines) is 1. The number of unbranched alkanes of at least 4 members (excludes halogenated alkanes) is 1. The van der Waals surface area contributed by atoms with Crippen LogP contribution in [0.4, 0.5) is 0 Å². The van der Waals surface area contributed by atoms with Crippen molar-refractivity contribution in [2.75, 3.05) is 38.7 Å². The Morgan fingerprint density at radius 3 is 2.42 bits per heavy atom. The van der Waals surface area contributed by atoms with Gasteiger partial charge in [-0.3, -0.25) is 4.99 Å². The Balaban J connectivity index is 0.00000324. The molecule has 2 atom stereocenters. The SMILES string of the molecule is CN=C(NCCCCSC)N1CC(C)CC(C)C1.I. The van der Waals surface area contributed by atoms with Crippen LogP contribution in [0.3, 0.4) is 0 Å². The van der Waals surface area contributed by atoms with E-state index in [0.29, 0.717) is 0 Å². The van der Waals surface area contributed by atoms with Crippen LogP contribution in [0.1, 0.15) is 33.1 Å². The van der Waals surface area contributed by atoms with Gasteiger partial charge in [0.25, 0.3) is 0 Å². The average molecular weight is 399 g/mol. The predicted octanol–water partition coefficient (Wildman–Crippen LogP) is 3.30. The standard InChI is InChI=1S/C14H29N3S.HI/c1-12-9-13(2)11-17(10-12)14(15-3)16-7-5-6-8-18-4;/h12-13H,5-11H2,1-4H3,(H,15,16);1H. The number of piperidine rings is 1. The molecule has 0 aromatic heterocycles. The van der Waals surface area contributed by atoms with Crippen LogP contribution in [0.15, 0.2) is 4.99 Å². The van der Waals surface area contributed by atoms with Crippen LogP contribution in [0.5, 0.6) is 0 Å². The van der Waals surface area contributed by atoms with E-state index in [0.717, 1.165) is 37.4 Å². The van der Waals surface area contributed by atoms with Crippen molar-refractivity contribution < 1.29 is 0 Å². The fourth-order valence-corrected chi connectivity index (χ4v) is 3.23. The molecule has 0 saturated carbocycles. The molecule has 114 valence electrons. The van der Waals surface area contributed by atoms with Crippen molar-refractivity contribution in [3.05, 3.63) is 0 Å². The van der Waals surface area contributed by atoms with Gasteiger partial charge in [-0.25, -0.2) is 0 Å². The maximum atomic E-state index is 4.42. The summed E-state index contributed by atoms with van der Waals surface area (Å²) >= 11 is 1.93. The third-order valence-electron chi connectivity index (χ3n) is 3.44. The maximum Gasteiger partial charge on any atom is 0.193 e. The van der Waals surface area contributed by atoms with Crippen molar-refractivity contribution in [3.8, 4) is 0 Å². The third-order valence-corrected chi connectivity index (χ3v) is 4.14. The van der Waals surface area contributed by atoms with Gasteiger partial charge < -0.3 is 10.2 Å². The van der Waals surface area contributed by atoms with Crippen molar-refractivity contribution in [2.45, 2.75) is 33.1 Å². The molecule has 0 amide bonds. The van der Waals surface area contributed by atoms with Crippen LogP contribution >= 0.6 is 35.7 Å². The van der Waals surface area contributed by atoms with Crippen LogP contribution < -0.4 is 5.32 Å². The van der Waals surface area contributed by atoms with Crippen LogP contribution in [0.2, 0.25) is 0 Å². The van der Waals surface area contributed by atoms with Gasteiger partial charge >= 0.3 is 0 Å². The molecule has 2 unspecified atom stereocenters. The van der Waals surface area contributed by atoms with Crippen LogP contribution in [0, 0.1) is 11.8 Å². The molecule has 1 heterocycles. The molecule has 1 N–H and O–H groups in total. The fourth-order valence-electron chi connectivity index (χ4n) is 2.74. The number of hydrogen-bond acceptors (Lipinski definition) is 2. The van der Waals surface area contributed by atoms with Gasteiger partial charge in [-0.2, -0.15) is 11.8 Å². The smallest absolute Gasteiger partial charge is 0.193 e. The first-order chi connectivity index (χ1) is 8.67. The Kier molecular flexibility index (Phi) is 11.3. The Morgan fingerprint density at radius 2 is 1.89 bits per heavy atom. The van der Waals surface area contributed by atoms with Gasteiger partial charge in [-0.15, -0.1) is 24.0 Å². The van der Waals surface area contributed by atoms with Crippen molar-refractivity contribution in [1.29, 1.82) is 0 Å². The lowest BCUT2D eigenvalue weighted by Gasteiger charge is -2.37. The molecule has 1 fully saturated rings. The zero-order valence-electron chi connectivity index (χ0n) is 12.8. The Labute approximate surface area is 140 Å². The predicted molar refractivity (Wildman–Crippen MR) is 98.9 cm³/mol. The lowest BCUT2D eigenvalue weighted by molar-refractivity contribution is 0.208. The van der Waals surface area contributed by atoms with Gasteiger partial charge in [0.1, 0.15) is 0 Å². The normalized spacial score (nSPS) is 24.0.